The van der Waals surface area contributed by atoms with Crippen molar-refractivity contribution in [3.8, 4) is 11.5 Å². The minimum absolute atomic E-state index is 0.0486. The van der Waals surface area contributed by atoms with Gasteiger partial charge in [0.1, 0.15) is 23.7 Å². The van der Waals surface area contributed by atoms with Gasteiger partial charge in [0.15, 0.2) is 18.3 Å². The lowest BCUT2D eigenvalue weighted by atomic mass is 9.97. The molecule has 56 heavy (non-hydrogen) atoms. The highest BCUT2D eigenvalue weighted by atomic mass is 16.7. The van der Waals surface area contributed by atoms with Crippen molar-refractivity contribution < 1.29 is 81.1 Å². The molecule has 1 aliphatic heterocycles. The molecule has 1 heterocycles. The van der Waals surface area contributed by atoms with Crippen LogP contribution < -0.4 is 20.1 Å². The van der Waals surface area contributed by atoms with E-state index in [4.69, 9.17) is 42.6 Å². The van der Waals surface area contributed by atoms with E-state index in [0.717, 1.165) is 40.0 Å². The number of hydrogen-bond donors (Lipinski definition) is 2. The Morgan fingerprint density at radius 3 is 1.98 bits per heavy atom. The number of carbonyl (C=O) groups is 7. The Bertz CT molecular complexity index is 1790. The van der Waals surface area contributed by atoms with Gasteiger partial charge in [-0.3, -0.25) is 29.3 Å². The van der Waals surface area contributed by atoms with E-state index in [1.165, 1.54) is 30.3 Å². The molecule has 304 valence electrons. The summed E-state index contributed by atoms with van der Waals surface area (Å²) in [5, 5.41) is 16.0. The molecular formula is C35H41N3O18. The monoisotopic (exact) mass is 791 g/mol. The molecule has 0 saturated carbocycles. The maximum atomic E-state index is 13.6. The summed E-state index contributed by atoms with van der Waals surface area (Å²) in [5.74, 6) is -4.98. The standard InChI is InChI=1S/C35H41N3O18/c1-18(39)50-26-27(51-19(2)40)29(52-20(3)41)32(55-28(26)31(43)48-7)54-25-13-8-21(17-49-34(45)53-23-11-9-22(10-12-23)38(46)47)16-24(25)30(42)36-14-15-37-33(44)56-35(4,5)6/h8-13,16,26-29,32H,14-15,17H2,1-7H3,(H,36,42)(H,37,44)/t26-,27-,28-,29+,32+/m0/s1. The number of esters is 4. The van der Waals surface area contributed by atoms with Gasteiger partial charge in [-0.05, 0) is 50.6 Å². The predicted octanol–water partition coefficient (Wildman–Crippen LogP) is 2.64. The molecule has 21 heteroatoms. The molecule has 21 nitrogen and oxygen atoms in total. The molecule has 0 aliphatic carbocycles. The molecule has 2 amide bonds. The smallest absolute Gasteiger partial charge is 0.467 e. The lowest BCUT2D eigenvalue weighted by Crippen LogP contribution is -2.64. The van der Waals surface area contributed by atoms with Gasteiger partial charge in [0.25, 0.3) is 11.6 Å². The fourth-order valence-corrected chi connectivity index (χ4v) is 4.90. The number of nitro benzene ring substituents is 1. The number of ether oxygens (including phenoxy) is 9. The fourth-order valence-electron chi connectivity index (χ4n) is 4.90. The average molecular weight is 792 g/mol. The molecule has 2 aromatic rings. The summed E-state index contributed by atoms with van der Waals surface area (Å²) in [6, 6.07) is 8.47. The van der Waals surface area contributed by atoms with Crippen molar-refractivity contribution in [3.05, 3.63) is 63.7 Å². The van der Waals surface area contributed by atoms with E-state index in [0.29, 0.717) is 0 Å². The van der Waals surface area contributed by atoms with Crippen LogP contribution in [-0.2, 0) is 58.9 Å². The van der Waals surface area contributed by atoms with Gasteiger partial charge < -0.3 is 53.3 Å². The van der Waals surface area contributed by atoms with E-state index in [2.05, 4.69) is 10.6 Å². The lowest BCUT2D eigenvalue weighted by Gasteiger charge is -2.43. The molecule has 0 spiro atoms. The van der Waals surface area contributed by atoms with Crippen LogP contribution in [0, 0.1) is 10.1 Å². The number of hydrogen-bond acceptors (Lipinski definition) is 18. The zero-order chi connectivity index (χ0) is 41.7. The Balaban J connectivity index is 1.95. The molecule has 0 bridgehead atoms. The van der Waals surface area contributed by atoms with Gasteiger partial charge in [-0.2, -0.15) is 0 Å². The molecule has 1 saturated heterocycles. The largest absolute Gasteiger partial charge is 0.514 e. The minimum atomic E-state index is -1.82. The number of amides is 2. The van der Waals surface area contributed by atoms with E-state index < -0.39 is 89.9 Å². The summed E-state index contributed by atoms with van der Waals surface area (Å²) >= 11 is 0. The van der Waals surface area contributed by atoms with Crippen LogP contribution >= 0.6 is 0 Å². The van der Waals surface area contributed by atoms with E-state index in [9.17, 15) is 43.7 Å². The molecule has 3 rings (SSSR count). The molecule has 0 unspecified atom stereocenters. The SMILES string of the molecule is COC(=O)[C@H]1O[C@@H](Oc2ccc(COC(=O)Oc3ccc([N+](=O)[O-])cc3)cc2C(=O)NCCNC(=O)OC(C)(C)C)[C@H](OC(C)=O)[C@@H](OC(C)=O)[C@@H]1OC(C)=O. The van der Waals surface area contributed by atoms with E-state index in [-0.39, 0.29) is 41.4 Å². The first-order chi connectivity index (χ1) is 26.3. The van der Waals surface area contributed by atoms with E-state index >= 15 is 0 Å². The van der Waals surface area contributed by atoms with Crippen molar-refractivity contribution in [2.24, 2.45) is 0 Å². The summed E-state index contributed by atoms with van der Waals surface area (Å²) in [4.78, 5) is 97.7. The zero-order valence-electron chi connectivity index (χ0n) is 31.3. The van der Waals surface area contributed by atoms with Crippen molar-refractivity contribution in [2.75, 3.05) is 20.2 Å². The van der Waals surface area contributed by atoms with Gasteiger partial charge in [-0.1, -0.05) is 6.07 Å². The lowest BCUT2D eigenvalue weighted by molar-refractivity contribution is -0.384. The van der Waals surface area contributed by atoms with Crippen LogP contribution in [0.25, 0.3) is 0 Å². The first-order valence-electron chi connectivity index (χ1n) is 16.7. The number of rotatable bonds is 14. The van der Waals surface area contributed by atoms with Crippen molar-refractivity contribution in [1.29, 1.82) is 0 Å². The summed E-state index contributed by atoms with van der Waals surface area (Å²) in [7, 11) is 1.01. The second-order valence-electron chi connectivity index (χ2n) is 12.7. The third-order valence-electron chi connectivity index (χ3n) is 7.05. The summed E-state index contributed by atoms with van der Waals surface area (Å²) in [6.45, 7) is 7.38. The van der Waals surface area contributed by atoms with E-state index in [1.807, 2.05) is 0 Å². The highest BCUT2D eigenvalue weighted by Gasteiger charge is 2.56. The third-order valence-corrected chi connectivity index (χ3v) is 7.05. The van der Waals surface area contributed by atoms with Gasteiger partial charge in [0, 0.05) is 46.0 Å². The quantitative estimate of drug-likeness (QED) is 0.0695. The van der Waals surface area contributed by atoms with Crippen molar-refractivity contribution >= 4 is 47.7 Å². The van der Waals surface area contributed by atoms with Gasteiger partial charge in [-0.15, -0.1) is 0 Å². The maximum absolute atomic E-state index is 13.6. The van der Waals surface area contributed by atoms with Crippen LogP contribution in [0.3, 0.4) is 0 Å². The Morgan fingerprint density at radius 1 is 0.821 bits per heavy atom. The maximum Gasteiger partial charge on any atom is 0.514 e. The molecular weight excluding hydrogens is 750 g/mol. The van der Waals surface area contributed by atoms with Crippen LogP contribution in [0.1, 0.15) is 57.5 Å². The number of nitrogens with zero attached hydrogens (tertiary/aromatic N) is 1. The number of non-ortho nitro benzene ring substituents is 1. The molecule has 0 aromatic heterocycles. The number of nitro groups is 1. The molecule has 2 N–H and O–H groups in total. The zero-order valence-corrected chi connectivity index (χ0v) is 31.3. The summed E-state index contributed by atoms with van der Waals surface area (Å²) in [6.07, 6.45) is -10.6. The van der Waals surface area contributed by atoms with Gasteiger partial charge >= 0.3 is 36.1 Å². The average Bonchev–Trinajstić information content (AvgIpc) is 3.10. The highest BCUT2D eigenvalue weighted by molar-refractivity contribution is 5.97. The minimum Gasteiger partial charge on any atom is -0.467 e. The molecule has 5 atom stereocenters. The number of benzene rings is 2. The van der Waals surface area contributed by atoms with Crippen molar-refractivity contribution in [2.45, 2.75) is 84.5 Å². The summed E-state index contributed by atoms with van der Waals surface area (Å²) < 4.78 is 48.0. The molecule has 2 aromatic carbocycles. The first-order valence-corrected chi connectivity index (χ1v) is 16.7. The van der Waals surface area contributed by atoms with Gasteiger partial charge in [-0.25, -0.2) is 14.4 Å². The van der Waals surface area contributed by atoms with Gasteiger partial charge in [0.05, 0.1) is 17.6 Å². The van der Waals surface area contributed by atoms with Crippen LogP contribution in [-0.4, -0.2) is 103 Å². The van der Waals surface area contributed by atoms with Gasteiger partial charge in [0.2, 0.25) is 12.4 Å². The Hall–Kier alpha value is -6.51. The number of carbonyl (C=O) groups excluding carboxylic acids is 7. The first kappa shape index (κ1) is 43.9. The Labute approximate surface area is 319 Å². The van der Waals surface area contributed by atoms with Crippen LogP contribution in [0.4, 0.5) is 15.3 Å². The van der Waals surface area contributed by atoms with Crippen molar-refractivity contribution in [3.63, 3.8) is 0 Å². The normalized spacial score (nSPS) is 18.9. The number of nitrogens with one attached hydrogen (secondary N) is 2. The Morgan fingerprint density at radius 2 is 1.41 bits per heavy atom. The fraction of sp³-hybridized carbons (Fsp3) is 0.457. The second-order valence-corrected chi connectivity index (χ2v) is 12.7. The Kier molecular flexibility index (Phi) is 15.4. The molecule has 1 fully saturated rings. The number of methoxy groups -OCH3 is 1. The number of alkyl carbamates (subject to hydrolysis) is 1. The third kappa shape index (κ3) is 13.4. The van der Waals surface area contributed by atoms with E-state index in [1.54, 1.807) is 20.8 Å². The molecule has 1 aliphatic rings. The van der Waals surface area contributed by atoms with Crippen molar-refractivity contribution in [1.82, 2.24) is 10.6 Å². The highest BCUT2D eigenvalue weighted by Crippen LogP contribution is 2.33. The van der Waals surface area contributed by atoms with Crippen LogP contribution in [0.5, 0.6) is 11.5 Å². The topological polar surface area (TPSA) is 270 Å². The predicted molar refractivity (Wildman–Crippen MR) is 185 cm³/mol. The molecule has 0 radical (unpaired) electrons. The summed E-state index contributed by atoms with van der Waals surface area (Å²) in [5.41, 5.74) is -1.04. The second kappa shape index (κ2) is 19.7. The van der Waals surface area contributed by atoms with Crippen LogP contribution in [0.15, 0.2) is 42.5 Å². The van der Waals surface area contributed by atoms with Crippen LogP contribution in [0.2, 0.25) is 0 Å².